The van der Waals surface area contributed by atoms with Crippen molar-refractivity contribution in [2.45, 2.75) is 0 Å². The molecule has 0 aliphatic rings. The second-order valence-electron chi connectivity index (χ2n) is 3.37. The van der Waals surface area contributed by atoms with Crippen molar-refractivity contribution >= 4 is 22.9 Å². The Balaban J connectivity index is 2.22. The monoisotopic (exact) mass is 230 g/mol. The zero-order valence-electron chi connectivity index (χ0n) is 8.83. The van der Waals surface area contributed by atoms with Crippen LogP contribution in [0.25, 0.3) is 10.9 Å². The van der Waals surface area contributed by atoms with Gasteiger partial charge in [0.15, 0.2) is 0 Å². The van der Waals surface area contributed by atoms with Gasteiger partial charge >= 0.3 is 12.0 Å². The van der Waals surface area contributed by atoms with E-state index in [9.17, 15) is 9.59 Å². The van der Waals surface area contributed by atoms with Crippen LogP contribution in [0.15, 0.2) is 48.8 Å². The van der Waals surface area contributed by atoms with Crippen LogP contribution in [0.1, 0.15) is 0 Å². The Morgan fingerprint density at radius 3 is 2.76 bits per heavy atom. The van der Waals surface area contributed by atoms with Crippen molar-refractivity contribution in [1.82, 2.24) is 9.88 Å². The number of fused-ring (bicyclic) bond motifs is 1. The zero-order chi connectivity index (χ0) is 12.3. The van der Waals surface area contributed by atoms with Crippen molar-refractivity contribution in [1.29, 1.82) is 0 Å². The number of carbonyl (C=O) groups is 2. The number of carboxylic acid groups (broad SMARTS) is 1. The Morgan fingerprint density at radius 1 is 1.24 bits per heavy atom. The lowest BCUT2D eigenvalue weighted by Gasteiger charge is -2.02. The van der Waals surface area contributed by atoms with Crippen LogP contribution in [-0.4, -0.2) is 21.7 Å². The summed E-state index contributed by atoms with van der Waals surface area (Å²) in [6, 6.07) is 8.84. The molecule has 1 aromatic carbocycles. The van der Waals surface area contributed by atoms with Crippen LogP contribution in [0.4, 0.5) is 4.79 Å². The van der Waals surface area contributed by atoms with Gasteiger partial charge in [-0.25, -0.2) is 9.59 Å². The van der Waals surface area contributed by atoms with Crippen molar-refractivity contribution in [3.63, 3.8) is 0 Å². The number of amides is 1. The van der Waals surface area contributed by atoms with Crippen LogP contribution in [0.3, 0.4) is 0 Å². The average Bonchev–Trinajstić information content (AvgIpc) is 2.72. The lowest BCUT2D eigenvalue weighted by atomic mass is 10.2. The lowest BCUT2D eigenvalue weighted by Crippen LogP contribution is -2.23. The van der Waals surface area contributed by atoms with E-state index in [1.807, 2.05) is 30.3 Å². The van der Waals surface area contributed by atoms with Gasteiger partial charge in [0.1, 0.15) is 0 Å². The van der Waals surface area contributed by atoms with E-state index in [1.54, 1.807) is 6.20 Å². The first-order valence-electron chi connectivity index (χ1n) is 4.95. The molecule has 0 aliphatic carbocycles. The number of benzene rings is 1. The molecule has 0 saturated carbocycles. The molecule has 0 fully saturated rings. The van der Waals surface area contributed by atoms with Crippen LogP contribution >= 0.6 is 0 Å². The van der Waals surface area contributed by atoms with Gasteiger partial charge in [0.2, 0.25) is 0 Å². The third-order valence-corrected chi connectivity index (χ3v) is 2.25. The van der Waals surface area contributed by atoms with Crippen LogP contribution in [0.5, 0.6) is 0 Å². The second kappa shape index (κ2) is 4.52. The predicted octanol–water partition coefficient (Wildman–Crippen LogP) is 1.80. The highest BCUT2D eigenvalue weighted by Crippen LogP contribution is 2.14. The Hall–Kier alpha value is -2.56. The maximum Gasteiger partial charge on any atom is 0.329 e. The molecule has 1 aromatic heterocycles. The Bertz CT molecular complexity index is 599. The minimum absolute atomic E-state index is 0.399. The van der Waals surface area contributed by atoms with Gasteiger partial charge in [0.25, 0.3) is 0 Å². The summed E-state index contributed by atoms with van der Waals surface area (Å²) in [6.07, 6.45) is 3.59. The van der Waals surface area contributed by atoms with Crippen LogP contribution in [-0.2, 0) is 4.79 Å². The molecule has 2 rings (SSSR count). The molecule has 0 aliphatic heterocycles. The maximum absolute atomic E-state index is 11.7. The Kier molecular flexibility index (Phi) is 2.91. The minimum Gasteiger partial charge on any atom is -0.478 e. The maximum atomic E-state index is 11.7. The third kappa shape index (κ3) is 2.34. The number of carbonyl (C=O) groups excluding carboxylic acids is 1. The Labute approximate surface area is 97.0 Å². The Morgan fingerprint density at radius 2 is 2.00 bits per heavy atom. The minimum atomic E-state index is -1.11. The molecule has 0 atom stereocenters. The number of carboxylic acids is 1. The van der Waals surface area contributed by atoms with Gasteiger partial charge in [0.05, 0.1) is 5.52 Å². The molecule has 86 valence electrons. The van der Waals surface area contributed by atoms with Crippen molar-refractivity contribution in [2.75, 3.05) is 0 Å². The first-order valence-corrected chi connectivity index (χ1v) is 4.95. The topological polar surface area (TPSA) is 71.3 Å². The molecule has 0 bridgehead atoms. The number of hydrogen-bond donors (Lipinski definition) is 2. The summed E-state index contributed by atoms with van der Waals surface area (Å²) in [5.74, 6) is -1.11. The lowest BCUT2D eigenvalue weighted by molar-refractivity contribution is -0.131. The van der Waals surface area contributed by atoms with Gasteiger partial charge < -0.3 is 10.4 Å². The van der Waals surface area contributed by atoms with E-state index >= 15 is 0 Å². The van der Waals surface area contributed by atoms with E-state index in [4.69, 9.17) is 5.11 Å². The normalized spacial score (nSPS) is 10.8. The molecule has 0 unspecified atom stereocenters. The third-order valence-electron chi connectivity index (χ3n) is 2.25. The summed E-state index contributed by atoms with van der Waals surface area (Å²) in [5, 5.41) is 11.7. The van der Waals surface area contributed by atoms with Crippen LogP contribution < -0.4 is 5.32 Å². The summed E-state index contributed by atoms with van der Waals surface area (Å²) < 4.78 is 1.42. The first kappa shape index (κ1) is 10.9. The van der Waals surface area contributed by atoms with Crippen LogP contribution in [0.2, 0.25) is 0 Å². The number of aromatic nitrogens is 1. The highest BCUT2D eigenvalue weighted by Gasteiger charge is 2.05. The van der Waals surface area contributed by atoms with E-state index in [0.29, 0.717) is 0 Å². The molecule has 17 heavy (non-hydrogen) atoms. The summed E-state index contributed by atoms with van der Waals surface area (Å²) in [6.45, 7) is 0. The molecule has 0 radical (unpaired) electrons. The van der Waals surface area contributed by atoms with E-state index in [-0.39, 0.29) is 0 Å². The van der Waals surface area contributed by atoms with E-state index in [2.05, 4.69) is 5.32 Å². The fourth-order valence-corrected chi connectivity index (χ4v) is 1.51. The van der Waals surface area contributed by atoms with Gasteiger partial charge in [-0.2, -0.15) is 0 Å². The summed E-state index contributed by atoms with van der Waals surface area (Å²) in [5.41, 5.74) is 0.772. The largest absolute Gasteiger partial charge is 0.478 e. The number of nitrogens with one attached hydrogen (secondary N) is 1. The number of para-hydroxylation sites is 1. The van der Waals surface area contributed by atoms with Crippen molar-refractivity contribution < 1.29 is 14.7 Å². The predicted molar refractivity (Wildman–Crippen MR) is 62.6 cm³/mol. The van der Waals surface area contributed by atoms with Gasteiger partial charge in [-0.3, -0.25) is 4.57 Å². The number of rotatable bonds is 2. The van der Waals surface area contributed by atoms with Crippen molar-refractivity contribution in [3.8, 4) is 0 Å². The van der Waals surface area contributed by atoms with Crippen molar-refractivity contribution in [2.24, 2.45) is 0 Å². The number of aliphatic carboxylic acids is 1. The van der Waals surface area contributed by atoms with E-state index in [1.165, 1.54) is 4.57 Å². The van der Waals surface area contributed by atoms with E-state index < -0.39 is 12.0 Å². The molecule has 0 spiro atoms. The molecule has 5 nitrogen and oxygen atoms in total. The summed E-state index contributed by atoms with van der Waals surface area (Å²) >= 11 is 0. The second-order valence-corrected chi connectivity index (χ2v) is 3.37. The first-order chi connectivity index (χ1) is 8.18. The standard InChI is InChI=1S/C12H10N2O3/c15-11(16)5-7-13-12(17)14-8-6-9-3-1-2-4-10(9)14/h1-8H,(H,13,17)(H,15,16). The zero-order valence-corrected chi connectivity index (χ0v) is 8.83. The summed E-state index contributed by atoms with van der Waals surface area (Å²) in [4.78, 5) is 21.9. The van der Waals surface area contributed by atoms with Gasteiger partial charge in [-0.15, -0.1) is 0 Å². The van der Waals surface area contributed by atoms with E-state index in [0.717, 1.165) is 23.2 Å². The molecular weight excluding hydrogens is 220 g/mol. The molecule has 5 heteroatoms. The van der Waals surface area contributed by atoms with Crippen molar-refractivity contribution in [3.05, 3.63) is 48.8 Å². The van der Waals surface area contributed by atoms with Gasteiger partial charge in [0, 0.05) is 23.9 Å². The average molecular weight is 230 g/mol. The molecule has 1 heterocycles. The fraction of sp³-hybridized carbons (Fsp3) is 0. The highest BCUT2D eigenvalue weighted by molar-refractivity contribution is 5.92. The molecule has 0 saturated heterocycles. The number of nitrogens with zero attached hydrogens (tertiary/aromatic N) is 1. The molecule has 2 aromatic rings. The molecule has 2 N–H and O–H groups in total. The SMILES string of the molecule is O=C(O)C=CNC(=O)n1ccc2ccccc21. The summed E-state index contributed by atoms with van der Waals surface area (Å²) in [7, 11) is 0. The fourth-order valence-electron chi connectivity index (χ4n) is 1.51. The van der Waals surface area contributed by atoms with Crippen LogP contribution in [0, 0.1) is 0 Å². The quantitative estimate of drug-likeness (QED) is 0.773. The smallest absolute Gasteiger partial charge is 0.329 e. The molecular formula is C12H10N2O3. The van der Waals surface area contributed by atoms with Gasteiger partial charge in [-0.05, 0) is 12.1 Å². The number of hydrogen-bond acceptors (Lipinski definition) is 2. The van der Waals surface area contributed by atoms with Gasteiger partial charge in [-0.1, -0.05) is 18.2 Å². The highest BCUT2D eigenvalue weighted by atomic mass is 16.4. The molecule has 1 amide bonds.